The molecule has 0 fully saturated rings. The summed E-state index contributed by atoms with van der Waals surface area (Å²) in [5.41, 5.74) is 8.35. The van der Waals surface area contributed by atoms with Gasteiger partial charge in [-0.1, -0.05) is 12.1 Å². The Bertz CT molecular complexity index is 436. The SMILES string of the molecule is N[C@H](CCCO)c1cccc2[nH]ccc12. The van der Waals surface area contributed by atoms with Gasteiger partial charge in [-0.05, 0) is 30.5 Å². The molecule has 0 spiro atoms. The van der Waals surface area contributed by atoms with Gasteiger partial charge in [-0.3, -0.25) is 0 Å². The number of H-pyrrole nitrogens is 1. The summed E-state index contributed by atoms with van der Waals surface area (Å²) in [6, 6.07) is 8.16. The van der Waals surface area contributed by atoms with Crippen molar-refractivity contribution in [2.24, 2.45) is 5.73 Å². The molecular weight excluding hydrogens is 188 g/mol. The predicted molar refractivity (Wildman–Crippen MR) is 61.5 cm³/mol. The first-order valence-electron chi connectivity index (χ1n) is 5.25. The molecule has 0 aliphatic heterocycles. The topological polar surface area (TPSA) is 62.0 Å². The summed E-state index contributed by atoms with van der Waals surface area (Å²) >= 11 is 0. The Kier molecular flexibility index (Phi) is 3.04. The van der Waals surface area contributed by atoms with Crippen LogP contribution in [0.2, 0.25) is 0 Å². The highest BCUT2D eigenvalue weighted by molar-refractivity contribution is 5.83. The molecule has 2 aromatic rings. The summed E-state index contributed by atoms with van der Waals surface area (Å²) in [5.74, 6) is 0. The summed E-state index contributed by atoms with van der Waals surface area (Å²) in [7, 11) is 0. The first-order chi connectivity index (χ1) is 7.33. The Morgan fingerprint density at radius 1 is 1.33 bits per heavy atom. The van der Waals surface area contributed by atoms with E-state index in [1.807, 2.05) is 24.4 Å². The summed E-state index contributed by atoms with van der Waals surface area (Å²) in [5, 5.41) is 9.96. The molecule has 0 amide bonds. The van der Waals surface area contributed by atoms with Crippen LogP contribution in [0.4, 0.5) is 0 Å². The molecule has 0 bridgehead atoms. The van der Waals surface area contributed by atoms with Gasteiger partial charge in [0.15, 0.2) is 0 Å². The van der Waals surface area contributed by atoms with Crippen LogP contribution >= 0.6 is 0 Å². The predicted octanol–water partition coefficient (Wildman–Crippen LogP) is 1.94. The highest BCUT2D eigenvalue weighted by Gasteiger charge is 2.09. The van der Waals surface area contributed by atoms with E-state index < -0.39 is 0 Å². The van der Waals surface area contributed by atoms with Gasteiger partial charge < -0.3 is 15.8 Å². The Hall–Kier alpha value is -1.32. The van der Waals surface area contributed by atoms with Crippen LogP contribution in [0.3, 0.4) is 0 Å². The molecule has 4 N–H and O–H groups in total. The molecule has 1 aromatic carbocycles. The van der Waals surface area contributed by atoms with Crippen LogP contribution in [0.5, 0.6) is 0 Å². The van der Waals surface area contributed by atoms with Crippen molar-refractivity contribution in [2.75, 3.05) is 6.61 Å². The molecule has 0 radical (unpaired) electrons. The molecule has 0 unspecified atom stereocenters. The van der Waals surface area contributed by atoms with Crippen LogP contribution in [0.15, 0.2) is 30.5 Å². The minimum Gasteiger partial charge on any atom is -0.396 e. The third kappa shape index (κ3) is 2.03. The molecule has 0 saturated heterocycles. The van der Waals surface area contributed by atoms with E-state index in [9.17, 15) is 0 Å². The molecule has 3 heteroatoms. The van der Waals surface area contributed by atoms with E-state index in [1.54, 1.807) is 0 Å². The number of rotatable bonds is 4. The highest BCUT2D eigenvalue weighted by atomic mass is 16.2. The van der Waals surface area contributed by atoms with Crippen LogP contribution in [0.1, 0.15) is 24.4 Å². The summed E-state index contributed by atoms with van der Waals surface area (Å²) in [6.45, 7) is 0.205. The van der Waals surface area contributed by atoms with Crippen molar-refractivity contribution in [3.63, 3.8) is 0 Å². The van der Waals surface area contributed by atoms with Gasteiger partial charge in [-0.2, -0.15) is 0 Å². The first-order valence-corrected chi connectivity index (χ1v) is 5.25. The Balaban J connectivity index is 2.29. The zero-order valence-corrected chi connectivity index (χ0v) is 8.61. The summed E-state index contributed by atoms with van der Waals surface area (Å²) in [6.07, 6.45) is 3.50. The van der Waals surface area contributed by atoms with E-state index in [0.717, 1.165) is 23.9 Å². The highest BCUT2D eigenvalue weighted by Crippen LogP contribution is 2.24. The third-order valence-corrected chi connectivity index (χ3v) is 2.70. The molecule has 15 heavy (non-hydrogen) atoms. The molecule has 1 atom stereocenters. The molecule has 3 nitrogen and oxygen atoms in total. The maximum Gasteiger partial charge on any atom is 0.0457 e. The zero-order chi connectivity index (χ0) is 10.7. The van der Waals surface area contributed by atoms with Gasteiger partial charge in [0.1, 0.15) is 0 Å². The molecule has 0 aliphatic carbocycles. The third-order valence-electron chi connectivity index (χ3n) is 2.70. The minimum absolute atomic E-state index is 0.0108. The van der Waals surface area contributed by atoms with Crippen LogP contribution in [-0.2, 0) is 0 Å². The zero-order valence-electron chi connectivity index (χ0n) is 8.61. The number of benzene rings is 1. The Morgan fingerprint density at radius 3 is 3.00 bits per heavy atom. The normalized spacial score (nSPS) is 13.2. The number of hydrogen-bond donors (Lipinski definition) is 3. The first kappa shape index (κ1) is 10.2. The summed E-state index contributed by atoms with van der Waals surface area (Å²) in [4.78, 5) is 3.17. The quantitative estimate of drug-likeness (QED) is 0.712. The molecule has 1 aromatic heterocycles. The molecular formula is C12H16N2O. The van der Waals surface area contributed by atoms with Crippen molar-refractivity contribution in [1.82, 2.24) is 4.98 Å². The lowest BCUT2D eigenvalue weighted by Crippen LogP contribution is -2.11. The Labute approximate surface area is 88.9 Å². The van der Waals surface area contributed by atoms with Crippen molar-refractivity contribution >= 4 is 10.9 Å². The maximum absolute atomic E-state index is 8.77. The largest absolute Gasteiger partial charge is 0.396 e. The van der Waals surface area contributed by atoms with E-state index in [2.05, 4.69) is 11.1 Å². The number of hydrogen-bond acceptors (Lipinski definition) is 2. The number of aromatic nitrogens is 1. The van der Waals surface area contributed by atoms with E-state index in [-0.39, 0.29) is 12.6 Å². The van der Waals surface area contributed by atoms with Gasteiger partial charge in [0, 0.05) is 29.7 Å². The van der Waals surface area contributed by atoms with Crippen molar-refractivity contribution < 1.29 is 5.11 Å². The van der Waals surface area contributed by atoms with Gasteiger partial charge in [-0.25, -0.2) is 0 Å². The monoisotopic (exact) mass is 204 g/mol. The van der Waals surface area contributed by atoms with Gasteiger partial charge in [0.05, 0.1) is 0 Å². The molecule has 0 saturated carbocycles. The molecule has 2 rings (SSSR count). The van der Waals surface area contributed by atoms with Gasteiger partial charge in [0.2, 0.25) is 0 Å². The van der Waals surface area contributed by atoms with Crippen molar-refractivity contribution in [2.45, 2.75) is 18.9 Å². The lowest BCUT2D eigenvalue weighted by atomic mass is 9.99. The lowest BCUT2D eigenvalue weighted by Gasteiger charge is -2.12. The van der Waals surface area contributed by atoms with Crippen molar-refractivity contribution in [3.05, 3.63) is 36.0 Å². The number of aliphatic hydroxyl groups is 1. The standard InChI is InChI=1S/C12H16N2O/c13-11(4-2-8-15)9-3-1-5-12-10(9)6-7-14-12/h1,3,5-7,11,14-15H,2,4,8,13H2/t11-/m1/s1. The van der Waals surface area contributed by atoms with E-state index in [1.165, 1.54) is 5.39 Å². The number of nitrogens with two attached hydrogens (primary N) is 1. The van der Waals surface area contributed by atoms with E-state index in [0.29, 0.717) is 0 Å². The average Bonchev–Trinajstić information content (AvgIpc) is 2.73. The number of nitrogens with one attached hydrogen (secondary N) is 1. The number of aromatic amines is 1. The van der Waals surface area contributed by atoms with Crippen molar-refractivity contribution in [3.8, 4) is 0 Å². The van der Waals surface area contributed by atoms with Crippen LogP contribution in [-0.4, -0.2) is 16.7 Å². The smallest absolute Gasteiger partial charge is 0.0457 e. The van der Waals surface area contributed by atoms with Gasteiger partial charge in [0.25, 0.3) is 0 Å². The maximum atomic E-state index is 8.77. The van der Waals surface area contributed by atoms with E-state index >= 15 is 0 Å². The van der Waals surface area contributed by atoms with E-state index in [4.69, 9.17) is 10.8 Å². The van der Waals surface area contributed by atoms with Crippen molar-refractivity contribution in [1.29, 1.82) is 0 Å². The Morgan fingerprint density at radius 2 is 2.20 bits per heavy atom. The van der Waals surface area contributed by atoms with Crippen LogP contribution < -0.4 is 5.73 Å². The van der Waals surface area contributed by atoms with Gasteiger partial charge in [-0.15, -0.1) is 0 Å². The number of fused-ring (bicyclic) bond motifs is 1. The molecule has 80 valence electrons. The lowest BCUT2D eigenvalue weighted by molar-refractivity contribution is 0.280. The second kappa shape index (κ2) is 4.47. The fraction of sp³-hybridized carbons (Fsp3) is 0.333. The van der Waals surface area contributed by atoms with Crippen LogP contribution in [0, 0.1) is 0 Å². The fourth-order valence-electron chi connectivity index (χ4n) is 1.90. The van der Waals surface area contributed by atoms with Crippen LogP contribution in [0.25, 0.3) is 10.9 Å². The average molecular weight is 204 g/mol. The molecule has 1 heterocycles. The second-order valence-electron chi connectivity index (χ2n) is 3.76. The minimum atomic E-state index is 0.0108. The van der Waals surface area contributed by atoms with Gasteiger partial charge >= 0.3 is 0 Å². The molecule has 0 aliphatic rings. The second-order valence-corrected chi connectivity index (χ2v) is 3.76. The fourth-order valence-corrected chi connectivity index (χ4v) is 1.90. The number of aliphatic hydroxyl groups excluding tert-OH is 1. The summed E-state index contributed by atoms with van der Waals surface area (Å²) < 4.78 is 0.